The van der Waals surface area contributed by atoms with Crippen molar-refractivity contribution in [3.05, 3.63) is 64.7 Å². The molecule has 1 heterocycles. The molecule has 3 nitrogen and oxygen atoms in total. The largest absolute Gasteiger partial charge is 0.485 e. The molecule has 3 atom stereocenters. The van der Waals surface area contributed by atoms with Gasteiger partial charge in [-0.05, 0) is 17.7 Å². The molecule has 0 bridgehead atoms. The van der Waals surface area contributed by atoms with Gasteiger partial charge in [0.15, 0.2) is 0 Å². The van der Waals surface area contributed by atoms with E-state index in [2.05, 4.69) is 0 Å². The number of hydrogen-bond acceptors (Lipinski definition) is 3. The Morgan fingerprint density at radius 3 is 2.65 bits per heavy atom. The summed E-state index contributed by atoms with van der Waals surface area (Å²) < 4.78 is 6.04. The molecular weight excluding hydrogens is 274 g/mol. The van der Waals surface area contributed by atoms with Gasteiger partial charge < -0.3 is 15.6 Å². The molecule has 3 N–H and O–H groups in total. The fraction of sp³-hybridized carbons (Fsp3) is 0.250. The van der Waals surface area contributed by atoms with E-state index in [-0.39, 0.29) is 12.1 Å². The molecule has 0 radical (unpaired) electrons. The van der Waals surface area contributed by atoms with Crippen LogP contribution in [-0.2, 0) is 0 Å². The summed E-state index contributed by atoms with van der Waals surface area (Å²) in [6.45, 7) is 0. The predicted molar refractivity (Wildman–Crippen MR) is 78.8 cm³/mol. The zero-order valence-electron chi connectivity index (χ0n) is 10.9. The highest BCUT2D eigenvalue weighted by molar-refractivity contribution is 6.30. The highest BCUT2D eigenvalue weighted by Crippen LogP contribution is 2.39. The minimum atomic E-state index is -0.740. The summed E-state index contributed by atoms with van der Waals surface area (Å²) >= 11 is 6.01. The second-order valence-electron chi connectivity index (χ2n) is 5.04. The van der Waals surface area contributed by atoms with Gasteiger partial charge in [0.2, 0.25) is 0 Å². The predicted octanol–water partition coefficient (Wildman–Crippen LogP) is 3.22. The van der Waals surface area contributed by atoms with Crippen LogP contribution in [0.25, 0.3) is 0 Å². The maximum atomic E-state index is 10.3. The fourth-order valence-corrected chi connectivity index (χ4v) is 2.70. The quantitative estimate of drug-likeness (QED) is 0.847. The Balaban J connectivity index is 2.01. The summed E-state index contributed by atoms with van der Waals surface area (Å²) in [6.07, 6.45) is -0.367. The van der Waals surface area contributed by atoms with Gasteiger partial charge in [-0.3, -0.25) is 0 Å². The molecule has 2 aromatic carbocycles. The average Bonchev–Trinajstić information content (AvgIpc) is 2.58. The van der Waals surface area contributed by atoms with E-state index in [9.17, 15) is 5.11 Å². The smallest absolute Gasteiger partial charge is 0.127 e. The summed E-state index contributed by atoms with van der Waals surface area (Å²) in [4.78, 5) is 0. The van der Waals surface area contributed by atoms with Gasteiger partial charge in [0.05, 0.1) is 6.10 Å². The number of hydrogen-bond donors (Lipinski definition) is 2. The number of halogens is 1. The number of aliphatic hydroxyl groups is 1. The van der Waals surface area contributed by atoms with Crippen molar-refractivity contribution >= 4 is 11.6 Å². The zero-order chi connectivity index (χ0) is 14.1. The Hall–Kier alpha value is -1.55. The van der Waals surface area contributed by atoms with Crippen LogP contribution in [0.1, 0.15) is 29.8 Å². The lowest BCUT2D eigenvalue weighted by molar-refractivity contribution is 0.131. The molecule has 3 rings (SSSR count). The molecule has 0 aliphatic carbocycles. The van der Waals surface area contributed by atoms with Crippen molar-refractivity contribution in [3.8, 4) is 5.75 Å². The van der Waals surface area contributed by atoms with Crippen molar-refractivity contribution in [2.24, 2.45) is 5.73 Å². The Labute approximate surface area is 122 Å². The maximum absolute atomic E-state index is 10.3. The van der Waals surface area contributed by atoms with E-state index in [1.807, 2.05) is 30.3 Å². The van der Waals surface area contributed by atoms with Gasteiger partial charge >= 0.3 is 0 Å². The SMILES string of the molecule is NC1CC(c2ccccc2)Oc2cc(Cl)ccc2C1O. The Kier molecular flexibility index (Phi) is 3.66. The molecule has 0 amide bonds. The third-order valence-corrected chi connectivity index (χ3v) is 3.86. The number of benzene rings is 2. The van der Waals surface area contributed by atoms with Crippen molar-refractivity contribution < 1.29 is 9.84 Å². The zero-order valence-corrected chi connectivity index (χ0v) is 11.6. The van der Waals surface area contributed by atoms with Gasteiger partial charge in [0.1, 0.15) is 11.9 Å². The number of ether oxygens (including phenoxy) is 1. The molecule has 0 spiro atoms. The van der Waals surface area contributed by atoms with E-state index in [1.165, 1.54) is 0 Å². The van der Waals surface area contributed by atoms with Crippen LogP contribution >= 0.6 is 11.6 Å². The summed E-state index contributed by atoms with van der Waals surface area (Å²) in [5.41, 5.74) is 7.84. The molecule has 0 aromatic heterocycles. The summed E-state index contributed by atoms with van der Waals surface area (Å²) in [6, 6.07) is 14.8. The second kappa shape index (κ2) is 5.44. The van der Waals surface area contributed by atoms with E-state index in [1.54, 1.807) is 18.2 Å². The van der Waals surface area contributed by atoms with Crippen LogP contribution in [0.5, 0.6) is 5.75 Å². The first-order valence-corrected chi connectivity index (χ1v) is 6.97. The third kappa shape index (κ3) is 2.52. The standard InChI is InChI=1S/C16H16ClNO2/c17-11-6-7-12-15(8-11)20-14(9-13(18)16(12)19)10-4-2-1-3-5-10/h1-8,13-14,16,19H,9,18H2. The lowest BCUT2D eigenvalue weighted by atomic mass is 9.97. The second-order valence-corrected chi connectivity index (χ2v) is 5.48. The van der Waals surface area contributed by atoms with Crippen LogP contribution in [0, 0.1) is 0 Å². The molecule has 1 aliphatic rings. The van der Waals surface area contributed by atoms with Crippen molar-refractivity contribution in [1.82, 2.24) is 0 Å². The molecule has 0 fully saturated rings. The van der Waals surface area contributed by atoms with Gasteiger partial charge in [-0.1, -0.05) is 48.0 Å². The maximum Gasteiger partial charge on any atom is 0.127 e. The van der Waals surface area contributed by atoms with E-state index in [4.69, 9.17) is 22.1 Å². The lowest BCUT2D eigenvalue weighted by Gasteiger charge is -2.19. The van der Waals surface area contributed by atoms with Gasteiger partial charge in [0.25, 0.3) is 0 Å². The molecular formula is C16H16ClNO2. The highest BCUT2D eigenvalue weighted by Gasteiger charge is 2.30. The lowest BCUT2D eigenvalue weighted by Crippen LogP contribution is -2.29. The van der Waals surface area contributed by atoms with Crippen LogP contribution in [-0.4, -0.2) is 11.1 Å². The summed E-state index contributed by atoms with van der Waals surface area (Å²) in [5.74, 6) is 0.604. The molecule has 2 aromatic rings. The van der Waals surface area contributed by atoms with Crippen LogP contribution in [0.2, 0.25) is 5.02 Å². The van der Waals surface area contributed by atoms with Crippen molar-refractivity contribution in [2.75, 3.05) is 0 Å². The van der Waals surface area contributed by atoms with E-state index in [0.29, 0.717) is 22.8 Å². The first-order chi connectivity index (χ1) is 9.65. The van der Waals surface area contributed by atoms with Crippen molar-refractivity contribution in [1.29, 1.82) is 0 Å². The Morgan fingerprint density at radius 1 is 1.15 bits per heavy atom. The summed E-state index contributed by atoms with van der Waals surface area (Å²) in [7, 11) is 0. The molecule has 20 heavy (non-hydrogen) atoms. The summed E-state index contributed by atoms with van der Waals surface area (Å²) in [5, 5.41) is 10.9. The topological polar surface area (TPSA) is 55.5 Å². The van der Waals surface area contributed by atoms with Gasteiger partial charge in [0, 0.05) is 23.0 Å². The molecule has 1 aliphatic heterocycles. The van der Waals surface area contributed by atoms with Crippen molar-refractivity contribution in [2.45, 2.75) is 24.7 Å². The van der Waals surface area contributed by atoms with Crippen LogP contribution in [0.15, 0.2) is 48.5 Å². The van der Waals surface area contributed by atoms with Gasteiger partial charge in [-0.15, -0.1) is 0 Å². The number of nitrogens with two attached hydrogens (primary N) is 1. The first kappa shape index (κ1) is 13.4. The molecule has 3 unspecified atom stereocenters. The fourth-order valence-electron chi connectivity index (χ4n) is 2.53. The monoisotopic (exact) mass is 289 g/mol. The van der Waals surface area contributed by atoms with Gasteiger partial charge in [-0.25, -0.2) is 0 Å². The molecule has 104 valence electrons. The molecule has 4 heteroatoms. The molecule has 0 saturated carbocycles. The van der Waals surface area contributed by atoms with Gasteiger partial charge in [-0.2, -0.15) is 0 Å². The van der Waals surface area contributed by atoms with Crippen LogP contribution in [0.4, 0.5) is 0 Å². The first-order valence-electron chi connectivity index (χ1n) is 6.60. The average molecular weight is 290 g/mol. The minimum absolute atomic E-state index is 0.180. The van der Waals surface area contributed by atoms with Crippen LogP contribution < -0.4 is 10.5 Å². The highest BCUT2D eigenvalue weighted by atomic mass is 35.5. The normalized spacial score (nSPS) is 25.4. The minimum Gasteiger partial charge on any atom is -0.485 e. The molecule has 0 saturated heterocycles. The Morgan fingerprint density at radius 2 is 1.90 bits per heavy atom. The van der Waals surface area contributed by atoms with Crippen molar-refractivity contribution in [3.63, 3.8) is 0 Å². The van der Waals surface area contributed by atoms with E-state index in [0.717, 1.165) is 5.56 Å². The van der Waals surface area contributed by atoms with Crippen LogP contribution in [0.3, 0.4) is 0 Å². The van der Waals surface area contributed by atoms with E-state index >= 15 is 0 Å². The number of aliphatic hydroxyl groups excluding tert-OH is 1. The third-order valence-electron chi connectivity index (χ3n) is 3.63. The van der Waals surface area contributed by atoms with E-state index < -0.39 is 6.10 Å². The Bertz CT molecular complexity index is 603. The number of fused-ring (bicyclic) bond motifs is 1. The number of rotatable bonds is 1.